The molecule has 0 spiro atoms. The molecule has 0 atom stereocenters. The van der Waals surface area contributed by atoms with Gasteiger partial charge in [0, 0.05) is 12.4 Å². The van der Waals surface area contributed by atoms with E-state index in [1.165, 1.54) is 0 Å². The molecule has 0 aliphatic rings. The number of sulfone groups is 1. The molecular weight excluding hydrogens is 236 g/mol. The highest BCUT2D eigenvalue weighted by atomic mass is 32.2. The van der Waals surface area contributed by atoms with Gasteiger partial charge in [-0.05, 0) is 24.3 Å². The monoisotopic (exact) mass is 248 g/mol. The second-order valence-corrected chi connectivity index (χ2v) is 5.72. The van der Waals surface area contributed by atoms with Crippen molar-refractivity contribution in [3.63, 3.8) is 0 Å². The summed E-state index contributed by atoms with van der Waals surface area (Å²) in [5.41, 5.74) is 0.982. The van der Waals surface area contributed by atoms with Crippen molar-refractivity contribution < 1.29 is 8.42 Å². The molecule has 0 fully saturated rings. The first-order chi connectivity index (χ1) is 8.15. The van der Waals surface area contributed by atoms with E-state index >= 15 is 0 Å². The third-order valence-electron chi connectivity index (χ3n) is 2.39. The van der Waals surface area contributed by atoms with E-state index < -0.39 is 9.84 Å². The van der Waals surface area contributed by atoms with E-state index in [9.17, 15) is 8.42 Å². The van der Waals surface area contributed by atoms with E-state index in [0.717, 1.165) is 0 Å². The van der Waals surface area contributed by atoms with Gasteiger partial charge in [-0.3, -0.25) is 9.97 Å². The molecule has 2 aromatic rings. The van der Waals surface area contributed by atoms with Crippen molar-refractivity contribution in [1.29, 1.82) is 0 Å². The average Bonchev–Trinajstić information content (AvgIpc) is 2.40. The van der Waals surface area contributed by atoms with Crippen LogP contribution in [-0.4, -0.2) is 24.1 Å². The van der Waals surface area contributed by atoms with Crippen LogP contribution in [0.5, 0.6) is 0 Å². The molecule has 0 unspecified atom stereocenters. The Labute approximate surface area is 100 Å². The molecule has 0 saturated carbocycles. The molecule has 5 heteroatoms. The molecule has 88 valence electrons. The molecule has 0 aliphatic heterocycles. The molecular formula is C12H12N2O2S. The quantitative estimate of drug-likeness (QED) is 0.832. The van der Waals surface area contributed by atoms with Gasteiger partial charge >= 0.3 is 0 Å². The van der Waals surface area contributed by atoms with Gasteiger partial charge < -0.3 is 0 Å². The van der Waals surface area contributed by atoms with Crippen LogP contribution in [0, 0.1) is 0 Å². The van der Waals surface area contributed by atoms with E-state index in [4.69, 9.17) is 0 Å². The van der Waals surface area contributed by atoms with E-state index in [-0.39, 0.29) is 10.6 Å². The summed E-state index contributed by atoms with van der Waals surface area (Å²) in [4.78, 5) is 8.49. The number of pyridine rings is 2. The predicted molar refractivity (Wildman–Crippen MR) is 65.2 cm³/mol. The van der Waals surface area contributed by atoms with Crippen LogP contribution < -0.4 is 0 Å². The SMILES string of the molecule is CCS(=O)(=O)c1cccnc1-c1ccccn1. The van der Waals surface area contributed by atoms with Crippen LogP contribution in [0.3, 0.4) is 0 Å². The number of hydrogen-bond donors (Lipinski definition) is 0. The molecule has 2 heterocycles. The van der Waals surface area contributed by atoms with E-state index in [0.29, 0.717) is 11.4 Å². The summed E-state index contributed by atoms with van der Waals surface area (Å²) in [7, 11) is -3.28. The van der Waals surface area contributed by atoms with Crippen molar-refractivity contribution in [2.45, 2.75) is 11.8 Å². The Hall–Kier alpha value is -1.75. The highest BCUT2D eigenvalue weighted by Crippen LogP contribution is 2.23. The fourth-order valence-electron chi connectivity index (χ4n) is 1.49. The maximum atomic E-state index is 11.9. The Balaban J connectivity index is 2.65. The molecule has 0 N–H and O–H groups in total. The van der Waals surface area contributed by atoms with Gasteiger partial charge in [-0.1, -0.05) is 13.0 Å². The average molecular weight is 248 g/mol. The minimum absolute atomic E-state index is 0.0541. The summed E-state index contributed by atoms with van der Waals surface area (Å²) in [6.07, 6.45) is 3.19. The zero-order valence-electron chi connectivity index (χ0n) is 9.37. The Kier molecular flexibility index (Phi) is 3.19. The number of aromatic nitrogens is 2. The van der Waals surface area contributed by atoms with Crippen molar-refractivity contribution in [1.82, 2.24) is 9.97 Å². The van der Waals surface area contributed by atoms with Gasteiger partial charge in [0.1, 0.15) is 5.69 Å². The Morgan fingerprint density at radius 2 is 1.82 bits per heavy atom. The summed E-state index contributed by atoms with van der Waals surface area (Å²) in [5.74, 6) is 0.0541. The van der Waals surface area contributed by atoms with Crippen LogP contribution >= 0.6 is 0 Å². The smallest absolute Gasteiger partial charge is 0.180 e. The Morgan fingerprint density at radius 3 is 2.47 bits per heavy atom. The van der Waals surface area contributed by atoms with Crippen molar-refractivity contribution in [2.75, 3.05) is 5.75 Å². The summed E-state index contributed by atoms with van der Waals surface area (Å²) in [5, 5.41) is 0. The topological polar surface area (TPSA) is 59.9 Å². The minimum Gasteiger partial charge on any atom is -0.255 e. The van der Waals surface area contributed by atoms with Crippen LogP contribution in [0.4, 0.5) is 0 Å². The molecule has 0 bridgehead atoms. The molecule has 0 saturated heterocycles. The van der Waals surface area contributed by atoms with Gasteiger partial charge in [0.15, 0.2) is 9.84 Å². The molecule has 2 rings (SSSR count). The summed E-state index contributed by atoms with van der Waals surface area (Å²) < 4.78 is 23.9. The van der Waals surface area contributed by atoms with Crippen LogP contribution in [0.1, 0.15) is 6.92 Å². The van der Waals surface area contributed by atoms with Crippen LogP contribution in [0.15, 0.2) is 47.6 Å². The fourth-order valence-corrected chi connectivity index (χ4v) is 2.54. The lowest BCUT2D eigenvalue weighted by Gasteiger charge is -2.07. The Morgan fingerprint density at radius 1 is 1.06 bits per heavy atom. The highest BCUT2D eigenvalue weighted by Gasteiger charge is 2.18. The van der Waals surface area contributed by atoms with Crippen molar-refractivity contribution in [3.05, 3.63) is 42.7 Å². The third-order valence-corrected chi connectivity index (χ3v) is 4.15. The molecule has 0 radical (unpaired) electrons. The molecule has 2 aromatic heterocycles. The lowest BCUT2D eigenvalue weighted by molar-refractivity contribution is 0.597. The predicted octanol–water partition coefficient (Wildman–Crippen LogP) is 1.94. The highest BCUT2D eigenvalue weighted by molar-refractivity contribution is 7.91. The first-order valence-electron chi connectivity index (χ1n) is 5.24. The van der Waals surface area contributed by atoms with Crippen LogP contribution in [-0.2, 0) is 9.84 Å². The molecule has 0 amide bonds. The Bertz CT molecular complexity index is 609. The molecule has 17 heavy (non-hydrogen) atoms. The van der Waals surface area contributed by atoms with E-state index in [1.807, 2.05) is 0 Å². The maximum absolute atomic E-state index is 11.9. The van der Waals surface area contributed by atoms with Gasteiger partial charge in [0.05, 0.1) is 16.3 Å². The first kappa shape index (κ1) is 11.7. The summed E-state index contributed by atoms with van der Waals surface area (Å²) >= 11 is 0. The van der Waals surface area contributed by atoms with Gasteiger partial charge in [-0.25, -0.2) is 8.42 Å². The third kappa shape index (κ3) is 2.34. The number of rotatable bonds is 3. The maximum Gasteiger partial charge on any atom is 0.180 e. The van der Waals surface area contributed by atoms with Gasteiger partial charge in [-0.15, -0.1) is 0 Å². The largest absolute Gasteiger partial charge is 0.255 e. The summed E-state index contributed by atoms with van der Waals surface area (Å²) in [6, 6.07) is 8.52. The zero-order chi connectivity index (χ0) is 12.3. The molecule has 4 nitrogen and oxygen atoms in total. The van der Waals surface area contributed by atoms with Gasteiger partial charge in [0.2, 0.25) is 0 Å². The second-order valence-electron chi connectivity index (χ2n) is 3.47. The first-order valence-corrected chi connectivity index (χ1v) is 6.89. The number of nitrogens with zero attached hydrogens (tertiary/aromatic N) is 2. The van der Waals surface area contributed by atoms with Gasteiger partial charge in [0.25, 0.3) is 0 Å². The van der Waals surface area contributed by atoms with E-state index in [1.54, 1.807) is 49.6 Å². The van der Waals surface area contributed by atoms with Crippen LogP contribution in [0.2, 0.25) is 0 Å². The molecule has 0 aromatic carbocycles. The van der Waals surface area contributed by atoms with Crippen LogP contribution in [0.25, 0.3) is 11.4 Å². The van der Waals surface area contributed by atoms with Crippen molar-refractivity contribution in [2.24, 2.45) is 0 Å². The number of hydrogen-bond acceptors (Lipinski definition) is 4. The van der Waals surface area contributed by atoms with Crippen molar-refractivity contribution in [3.8, 4) is 11.4 Å². The van der Waals surface area contributed by atoms with E-state index in [2.05, 4.69) is 9.97 Å². The lowest BCUT2D eigenvalue weighted by atomic mass is 10.2. The lowest BCUT2D eigenvalue weighted by Crippen LogP contribution is -2.06. The van der Waals surface area contributed by atoms with Crippen molar-refractivity contribution >= 4 is 9.84 Å². The fraction of sp³-hybridized carbons (Fsp3) is 0.167. The normalized spacial score (nSPS) is 11.4. The standard InChI is InChI=1S/C12H12N2O2S/c1-2-17(15,16)11-7-5-9-14-12(11)10-6-3-4-8-13-10/h3-9H,2H2,1H3. The minimum atomic E-state index is -3.28. The van der Waals surface area contributed by atoms with Gasteiger partial charge in [-0.2, -0.15) is 0 Å². The zero-order valence-corrected chi connectivity index (χ0v) is 10.2. The molecule has 0 aliphatic carbocycles. The second kappa shape index (κ2) is 4.63. The summed E-state index contributed by atoms with van der Waals surface area (Å²) in [6.45, 7) is 1.62.